The van der Waals surface area contributed by atoms with Gasteiger partial charge in [0.15, 0.2) is 0 Å². The molecule has 212 valence electrons. The Balaban J connectivity index is 6.25. The van der Waals surface area contributed by atoms with E-state index in [0.29, 0.717) is 35.5 Å². The molecule has 5 heteroatoms. The summed E-state index contributed by atoms with van der Waals surface area (Å²) in [6.07, 6.45) is 7.22. The number of hydrogen-bond donors (Lipinski definition) is 0. The van der Waals surface area contributed by atoms with Crippen LogP contribution in [-0.2, 0) is 7.56 Å². The number of rotatable bonds is 22. The molecule has 0 aromatic carbocycles. The molecule has 0 aliphatic heterocycles. The van der Waals surface area contributed by atoms with Gasteiger partial charge in [-0.1, -0.05) is 0 Å². The van der Waals surface area contributed by atoms with E-state index in [1.807, 2.05) is 0 Å². The van der Waals surface area contributed by atoms with Crippen LogP contribution in [0.4, 0.5) is 0 Å². The van der Waals surface area contributed by atoms with Crippen LogP contribution in [0, 0.1) is 35.5 Å². The van der Waals surface area contributed by atoms with Gasteiger partial charge in [0, 0.05) is 0 Å². The van der Waals surface area contributed by atoms with E-state index >= 15 is 0 Å². The van der Waals surface area contributed by atoms with Crippen molar-refractivity contribution in [2.75, 3.05) is 13.2 Å². The summed E-state index contributed by atoms with van der Waals surface area (Å²) >= 11 is -6.69. The van der Waals surface area contributed by atoms with E-state index in [1.165, 1.54) is 43.4 Å². The minimum atomic E-state index is -3.35. The fourth-order valence-corrected chi connectivity index (χ4v) is 48.1. The average Bonchev–Trinajstić information content (AvgIpc) is 2.72. The summed E-state index contributed by atoms with van der Waals surface area (Å²) in [7, 11) is 0. The van der Waals surface area contributed by atoms with Gasteiger partial charge in [0.1, 0.15) is 0 Å². The van der Waals surface area contributed by atoms with Gasteiger partial charge in [-0.2, -0.15) is 0 Å². The predicted octanol–water partition coefficient (Wildman–Crippen LogP) is 10.2. The third-order valence-corrected chi connectivity index (χ3v) is 39.4. The van der Waals surface area contributed by atoms with Gasteiger partial charge in [0.05, 0.1) is 0 Å². The second kappa shape index (κ2) is 19.5. The van der Waals surface area contributed by atoms with Crippen molar-refractivity contribution in [3.05, 3.63) is 0 Å². The summed E-state index contributed by atoms with van der Waals surface area (Å²) in [4.78, 5) is 0. The third-order valence-electron chi connectivity index (χ3n) is 6.90. The zero-order valence-corrected chi connectivity index (χ0v) is 31.9. The third kappa shape index (κ3) is 19.2. The van der Waals surface area contributed by atoms with Crippen LogP contribution < -0.4 is 0 Å². The fraction of sp³-hybridized carbons (Fsp3) is 1.00. The fourth-order valence-electron chi connectivity index (χ4n) is 4.14. The molecule has 0 amide bonds. The zero-order valence-electron chi connectivity index (χ0n) is 26.2. The Morgan fingerprint density at radius 2 is 0.600 bits per heavy atom. The first kappa shape index (κ1) is 36.5. The van der Waals surface area contributed by atoms with Gasteiger partial charge in [-0.05, 0) is 0 Å². The Bertz CT molecular complexity index is 436. The van der Waals surface area contributed by atoms with Crippen molar-refractivity contribution in [1.29, 1.82) is 0 Å². The molecule has 0 aliphatic rings. The molecule has 0 N–H and O–H groups in total. The molecular formula is C30H66O3Sn2. The van der Waals surface area contributed by atoms with Gasteiger partial charge in [-0.25, -0.2) is 0 Å². The molecule has 35 heavy (non-hydrogen) atoms. The summed E-state index contributed by atoms with van der Waals surface area (Å²) in [6.45, 7) is 29.9. The van der Waals surface area contributed by atoms with E-state index in [9.17, 15) is 0 Å². The van der Waals surface area contributed by atoms with E-state index in [0.717, 1.165) is 26.1 Å². The molecule has 0 aromatic heterocycles. The molecule has 0 saturated carbocycles. The molecule has 0 saturated heterocycles. The van der Waals surface area contributed by atoms with Gasteiger partial charge in [-0.15, -0.1) is 0 Å². The Morgan fingerprint density at radius 1 is 0.371 bits per heavy atom. The topological polar surface area (TPSA) is 27.7 Å². The molecular weight excluding hydrogens is 646 g/mol. The van der Waals surface area contributed by atoms with Gasteiger partial charge in [-0.3, -0.25) is 0 Å². The van der Waals surface area contributed by atoms with E-state index in [4.69, 9.17) is 7.56 Å². The number of hydrogen-bond acceptors (Lipinski definition) is 3. The van der Waals surface area contributed by atoms with Crippen LogP contribution in [0.25, 0.3) is 0 Å². The van der Waals surface area contributed by atoms with E-state index < -0.39 is 38.4 Å². The van der Waals surface area contributed by atoms with Crippen molar-refractivity contribution >= 4 is 38.4 Å². The van der Waals surface area contributed by atoms with Crippen molar-refractivity contribution in [3.63, 3.8) is 0 Å². The van der Waals surface area contributed by atoms with Crippen LogP contribution in [-0.4, -0.2) is 51.6 Å². The van der Waals surface area contributed by atoms with E-state index in [2.05, 4.69) is 83.1 Å². The minimum absolute atomic E-state index is 0.673. The molecule has 0 spiro atoms. The Kier molecular flexibility index (Phi) is 20.3. The van der Waals surface area contributed by atoms with Crippen molar-refractivity contribution in [1.82, 2.24) is 0 Å². The summed E-state index contributed by atoms with van der Waals surface area (Å²) in [6, 6.07) is 0. The predicted molar refractivity (Wildman–Crippen MR) is 160 cm³/mol. The molecule has 0 radical (unpaired) electrons. The zero-order chi connectivity index (χ0) is 27.1. The molecule has 0 rings (SSSR count). The maximum atomic E-state index is 7.77. The maximum absolute atomic E-state index is 7.77. The van der Waals surface area contributed by atoms with Crippen molar-refractivity contribution in [2.45, 2.75) is 139 Å². The van der Waals surface area contributed by atoms with Crippen LogP contribution in [0.1, 0.15) is 122 Å². The van der Waals surface area contributed by atoms with Crippen molar-refractivity contribution in [3.8, 4) is 0 Å². The summed E-state index contributed by atoms with van der Waals surface area (Å²) in [5.41, 5.74) is 0. The second-order valence-electron chi connectivity index (χ2n) is 13.7. The molecule has 0 atom stereocenters. The van der Waals surface area contributed by atoms with Crippen LogP contribution in [0.5, 0.6) is 0 Å². The Hall–Kier alpha value is 1.48. The molecule has 0 fully saturated rings. The average molecular weight is 712 g/mol. The standard InChI is InChI=1S/2C5H11O.4C5H11.O.2Sn/c2*1-5(2)3-4-6;4*1-4-5(2)3;;;/h2*5H,3-4H2,1-2H3;4*5H,1,4H2,2-3H3;;;/q2*-1;;;;;;2*+1. The summed E-state index contributed by atoms with van der Waals surface area (Å²) < 4.78 is 26.8. The molecule has 0 aliphatic carbocycles. The molecule has 0 heterocycles. The second-order valence-corrected chi connectivity index (χ2v) is 36.0. The van der Waals surface area contributed by atoms with E-state index in [-0.39, 0.29) is 0 Å². The molecule has 0 bridgehead atoms. The van der Waals surface area contributed by atoms with Crippen LogP contribution in [0.3, 0.4) is 0 Å². The van der Waals surface area contributed by atoms with Crippen molar-refractivity contribution in [2.24, 2.45) is 35.5 Å². The normalized spacial score (nSPS) is 13.5. The first-order valence-electron chi connectivity index (χ1n) is 15.2. The van der Waals surface area contributed by atoms with Crippen LogP contribution >= 0.6 is 0 Å². The summed E-state index contributed by atoms with van der Waals surface area (Å²) in [5, 5.41) is 0. The van der Waals surface area contributed by atoms with Crippen LogP contribution in [0.15, 0.2) is 0 Å². The molecule has 0 unspecified atom stereocenters. The van der Waals surface area contributed by atoms with E-state index in [1.54, 1.807) is 0 Å². The Morgan fingerprint density at radius 3 is 0.800 bits per heavy atom. The first-order chi connectivity index (χ1) is 16.2. The van der Waals surface area contributed by atoms with Gasteiger partial charge in [0.25, 0.3) is 0 Å². The molecule has 0 aromatic rings. The van der Waals surface area contributed by atoms with Crippen LogP contribution in [0.2, 0.25) is 17.7 Å². The van der Waals surface area contributed by atoms with Gasteiger partial charge >= 0.3 is 234 Å². The monoisotopic (exact) mass is 714 g/mol. The quantitative estimate of drug-likeness (QED) is 0.105. The molecule has 3 nitrogen and oxygen atoms in total. The Labute approximate surface area is 232 Å². The first-order valence-corrected chi connectivity index (χ1v) is 27.9. The van der Waals surface area contributed by atoms with Crippen molar-refractivity contribution < 1.29 is 7.56 Å². The van der Waals surface area contributed by atoms with Gasteiger partial charge < -0.3 is 0 Å². The summed E-state index contributed by atoms with van der Waals surface area (Å²) in [5.74, 6) is 4.12. The van der Waals surface area contributed by atoms with Gasteiger partial charge in [0.2, 0.25) is 0 Å². The SMILES string of the molecule is CC(C)CC[O][Sn]([CH2]CC(C)C)([CH2]CC(C)C)[O][Sn]([CH2]CC(C)C)([CH2]CC(C)C)[O]CCC(C)C.